The maximum atomic E-state index is 11.8. The van der Waals surface area contributed by atoms with Gasteiger partial charge in [-0.15, -0.1) is 0 Å². The minimum atomic E-state index is -3.11. The quantitative estimate of drug-likeness (QED) is 0.785. The molecule has 0 spiro atoms. The third kappa shape index (κ3) is 4.69. The first-order valence-corrected chi connectivity index (χ1v) is 8.88. The van der Waals surface area contributed by atoms with Gasteiger partial charge in [-0.3, -0.25) is 4.79 Å². The van der Waals surface area contributed by atoms with Crippen LogP contribution in [0.2, 0.25) is 0 Å². The van der Waals surface area contributed by atoms with Crippen molar-refractivity contribution >= 4 is 21.7 Å². The van der Waals surface area contributed by atoms with Crippen molar-refractivity contribution in [3.05, 3.63) is 29.8 Å². The number of esters is 1. The highest BCUT2D eigenvalue weighted by molar-refractivity contribution is 7.91. The molecule has 1 aliphatic heterocycles. The van der Waals surface area contributed by atoms with E-state index in [1.165, 1.54) is 19.2 Å². The average Bonchev–Trinajstić information content (AvgIpc) is 2.78. The third-order valence-electron chi connectivity index (χ3n) is 3.60. The topological polar surface area (TPSA) is 98.8 Å². The van der Waals surface area contributed by atoms with Gasteiger partial charge in [0.25, 0.3) is 5.91 Å². The number of methoxy groups -OCH3 is 1. The minimum absolute atomic E-state index is 0.0510. The summed E-state index contributed by atoms with van der Waals surface area (Å²) < 4.78 is 32.9. The van der Waals surface area contributed by atoms with Crippen LogP contribution in [-0.2, 0) is 19.4 Å². The maximum Gasteiger partial charge on any atom is 0.338 e. The number of benzene rings is 1. The van der Waals surface area contributed by atoms with Crippen LogP contribution in [0.1, 0.15) is 23.7 Å². The Bertz CT molecular complexity index is 697. The molecule has 1 aliphatic rings. The van der Waals surface area contributed by atoms with Crippen molar-refractivity contribution in [2.75, 3.05) is 25.2 Å². The van der Waals surface area contributed by atoms with Crippen molar-refractivity contribution < 1.29 is 27.5 Å². The molecule has 1 fully saturated rings. The number of carbonyl (C=O) groups is 2. The van der Waals surface area contributed by atoms with Gasteiger partial charge < -0.3 is 14.8 Å². The molecule has 126 valence electrons. The van der Waals surface area contributed by atoms with Gasteiger partial charge in [0.15, 0.2) is 16.4 Å². The summed E-state index contributed by atoms with van der Waals surface area (Å²) in [4.78, 5) is 23.7. The number of carbonyl (C=O) groups excluding carboxylic acids is 2. The van der Waals surface area contributed by atoms with E-state index in [1.807, 2.05) is 0 Å². The Balaban J connectivity index is 1.85. The molecule has 0 unspecified atom stereocenters. The number of ether oxygens (including phenoxy) is 2. The minimum Gasteiger partial charge on any atom is -0.497 e. The maximum absolute atomic E-state index is 11.8. The lowest BCUT2D eigenvalue weighted by atomic mass is 10.0. The molecule has 1 N–H and O–H groups in total. The molecule has 1 aromatic rings. The van der Waals surface area contributed by atoms with Crippen LogP contribution in [0.4, 0.5) is 0 Å². The van der Waals surface area contributed by atoms with Gasteiger partial charge in [0, 0.05) is 0 Å². The van der Waals surface area contributed by atoms with Crippen LogP contribution < -0.4 is 10.1 Å². The van der Waals surface area contributed by atoms with Crippen molar-refractivity contribution in [3.8, 4) is 5.75 Å². The van der Waals surface area contributed by atoms with Crippen molar-refractivity contribution in [3.63, 3.8) is 0 Å². The Labute approximate surface area is 134 Å². The van der Waals surface area contributed by atoms with Crippen LogP contribution in [-0.4, -0.2) is 51.1 Å². The molecule has 1 atom stereocenters. The fourth-order valence-electron chi connectivity index (χ4n) is 2.42. The third-order valence-corrected chi connectivity index (χ3v) is 5.51. The number of hydrogen-bond donors (Lipinski definition) is 1. The molecular weight excluding hydrogens is 322 g/mol. The van der Waals surface area contributed by atoms with E-state index in [-0.39, 0.29) is 11.5 Å². The van der Waals surface area contributed by atoms with Crippen LogP contribution >= 0.6 is 0 Å². The lowest BCUT2D eigenvalue weighted by molar-refractivity contribution is -0.125. The number of amides is 1. The Hall–Kier alpha value is -2.09. The summed E-state index contributed by atoms with van der Waals surface area (Å²) >= 11 is 0. The molecule has 23 heavy (non-hydrogen) atoms. The fraction of sp³-hybridized carbons (Fsp3) is 0.467. The molecular formula is C15H19NO6S. The number of sulfone groups is 1. The summed E-state index contributed by atoms with van der Waals surface area (Å²) in [6, 6.07) is 6.29. The van der Waals surface area contributed by atoms with Gasteiger partial charge >= 0.3 is 5.97 Å². The zero-order valence-electron chi connectivity index (χ0n) is 13.0. The predicted octanol–water partition coefficient (Wildman–Crippen LogP) is 0.545. The summed E-state index contributed by atoms with van der Waals surface area (Å²) in [5, 5.41) is 2.62. The van der Waals surface area contributed by atoms with Crippen molar-refractivity contribution in [2.45, 2.75) is 18.9 Å². The van der Waals surface area contributed by atoms with Crippen LogP contribution in [0.15, 0.2) is 24.3 Å². The van der Waals surface area contributed by atoms with Gasteiger partial charge in [-0.1, -0.05) is 0 Å². The summed E-state index contributed by atoms with van der Waals surface area (Å²) in [7, 11) is -1.60. The standard InChI is InChI=1S/C15H19NO6S/c1-15(7-8-23(19,20)10-15)16-13(17)9-22-14(18)11-3-5-12(21-2)6-4-11/h3-6H,7-10H2,1-2H3,(H,16,17)/t15-/m1/s1. The van der Waals surface area contributed by atoms with E-state index in [9.17, 15) is 18.0 Å². The Kier molecular flexibility index (Phi) is 4.93. The smallest absolute Gasteiger partial charge is 0.338 e. The first-order valence-electron chi connectivity index (χ1n) is 7.06. The van der Waals surface area contributed by atoms with E-state index >= 15 is 0 Å². The molecule has 1 amide bonds. The molecule has 0 radical (unpaired) electrons. The summed E-state index contributed by atoms with van der Waals surface area (Å²) in [5.41, 5.74) is -0.504. The molecule has 8 heteroatoms. The van der Waals surface area contributed by atoms with E-state index in [4.69, 9.17) is 9.47 Å². The molecule has 0 saturated carbocycles. The van der Waals surface area contributed by atoms with Crippen LogP contribution in [0, 0.1) is 0 Å². The van der Waals surface area contributed by atoms with E-state index in [0.717, 1.165) is 0 Å². The Morgan fingerprint density at radius 1 is 1.26 bits per heavy atom. The summed E-state index contributed by atoms with van der Waals surface area (Å²) in [5.74, 6) is -0.596. The van der Waals surface area contributed by atoms with Gasteiger partial charge in [-0.25, -0.2) is 13.2 Å². The highest BCUT2D eigenvalue weighted by Gasteiger charge is 2.39. The highest BCUT2D eigenvalue weighted by Crippen LogP contribution is 2.22. The Morgan fingerprint density at radius 3 is 2.43 bits per heavy atom. The van der Waals surface area contributed by atoms with E-state index in [2.05, 4.69) is 5.32 Å². The number of rotatable bonds is 5. The SMILES string of the molecule is COc1ccc(C(=O)OCC(=O)N[C@]2(C)CCS(=O)(=O)C2)cc1. The van der Waals surface area contributed by atoms with E-state index in [1.54, 1.807) is 19.1 Å². The summed E-state index contributed by atoms with van der Waals surface area (Å²) in [6.45, 7) is 1.21. The second-order valence-corrected chi connectivity index (χ2v) is 7.94. The lowest BCUT2D eigenvalue weighted by Crippen LogP contribution is -2.48. The molecule has 1 saturated heterocycles. The molecule has 0 aliphatic carbocycles. The fourth-order valence-corrected chi connectivity index (χ4v) is 4.52. The molecule has 7 nitrogen and oxygen atoms in total. The molecule has 0 aromatic heterocycles. The predicted molar refractivity (Wildman–Crippen MR) is 83.1 cm³/mol. The largest absolute Gasteiger partial charge is 0.497 e. The van der Waals surface area contributed by atoms with Gasteiger partial charge in [-0.2, -0.15) is 0 Å². The van der Waals surface area contributed by atoms with Gasteiger partial charge in [0.2, 0.25) is 0 Å². The molecule has 2 rings (SSSR count). The van der Waals surface area contributed by atoms with E-state index in [0.29, 0.717) is 17.7 Å². The number of nitrogens with one attached hydrogen (secondary N) is 1. The zero-order chi connectivity index (χ0) is 17.1. The van der Waals surface area contributed by atoms with Crippen molar-refractivity contribution in [2.24, 2.45) is 0 Å². The average molecular weight is 341 g/mol. The highest BCUT2D eigenvalue weighted by atomic mass is 32.2. The van der Waals surface area contributed by atoms with Crippen molar-refractivity contribution in [1.29, 1.82) is 0 Å². The van der Waals surface area contributed by atoms with Gasteiger partial charge in [0.1, 0.15) is 5.75 Å². The second-order valence-electron chi connectivity index (χ2n) is 5.76. The monoisotopic (exact) mass is 341 g/mol. The first-order chi connectivity index (χ1) is 10.7. The molecule has 0 bridgehead atoms. The van der Waals surface area contributed by atoms with E-state index < -0.39 is 33.9 Å². The molecule has 1 aromatic carbocycles. The normalized spacial score (nSPS) is 22.3. The Morgan fingerprint density at radius 2 is 1.91 bits per heavy atom. The second kappa shape index (κ2) is 6.57. The van der Waals surface area contributed by atoms with Crippen LogP contribution in [0.25, 0.3) is 0 Å². The van der Waals surface area contributed by atoms with Gasteiger partial charge in [-0.05, 0) is 37.6 Å². The summed E-state index contributed by atoms with van der Waals surface area (Å²) in [6.07, 6.45) is 0.355. The molecule has 1 heterocycles. The number of hydrogen-bond acceptors (Lipinski definition) is 6. The van der Waals surface area contributed by atoms with Crippen LogP contribution in [0.5, 0.6) is 5.75 Å². The lowest BCUT2D eigenvalue weighted by Gasteiger charge is -2.23. The van der Waals surface area contributed by atoms with Gasteiger partial charge in [0.05, 0.1) is 29.7 Å². The van der Waals surface area contributed by atoms with Crippen LogP contribution in [0.3, 0.4) is 0 Å². The first kappa shape index (κ1) is 17.3. The van der Waals surface area contributed by atoms with Crippen molar-refractivity contribution in [1.82, 2.24) is 5.32 Å². The zero-order valence-corrected chi connectivity index (χ0v) is 13.8.